The summed E-state index contributed by atoms with van der Waals surface area (Å²) in [5.74, 6) is -0.415. The Morgan fingerprint density at radius 3 is 2.59 bits per heavy atom. The molecule has 37 heavy (non-hydrogen) atoms. The first-order chi connectivity index (χ1) is 17.9. The maximum Gasteiger partial charge on any atom is 0.242 e. The molecule has 4 heterocycles. The molecule has 0 bridgehead atoms. The predicted molar refractivity (Wildman–Crippen MR) is 137 cm³/mol. The lowest BCUT2D eigenvalue weighted by molar-refractivity contribution is 0.0939. The number of pyridine rings is 1. The Kier molecular flexibility index (Phi) is 6.42. The Balaban J connectivity index is 1.39. The van der Waals surface area contributed by atoms with Crippen LogP contribution in [0.5, 0.6) is 11.6 Å². The number of likely N-dealkylation sites (N-methyl/N-ethyl adjacent to an activating group) is 1. The number of nitrogens with one attached hydrogen (secondary N) is 1. The van der Waals surface area contributed by atoms with E-state index in [-0.39, 0.29) is 34.3 Å². The van der Waals surface area contributed by atoms with Crippen molar-refractivity contribution in [3.05, 3.63) is 59.9 Å². The first kappa shape index (κ1) is 24.1. The number of hydrogen-bond acceptors (Lipinski definition) is 9. The van der Waals surface area contributed by atoms with E-state index in [0.29, 0.717) is 17.0 Å². The van der Waals surface area contributed by atoms with Crippen LogP contribution in [-0.2, 0) is 0 Å². The zero-order chi connectivity index (χ0) is 26.1. The normalized spacial score (nSPS) is 14.0. The fourth-order valence-corrected chi connectivity index (χ4v) is 4.43. The summed E-state index contributed by atoms with van der Waals surface area (Å²) in [6.07, 6.45) is 3.00. The molecule has 1 N–H and O–H groups in total. The molecule has 5 rings (SSSR count). The van der Waals surface area contributed by atoms with Crippen LogP contribution in [0.3, 0.4) is 0 Å². The fraction of sp³-hybridized carbons (Fsp3) is 0.269. The molecule has 188 valence electrons. The smallest absolute Gasteiger partial charge is 0.242 e. The third-order valence-electron chi connectivity index (χ3n) is 6.38. The molecule has 3 aromatic heterocycles. The van der Waals surface area contributed by atoms with Gasteiger partial charge in [-0.2, -0.15) is 5.26 Å². The van der Waals surface area contributed by atoms with Crippen LogP contribution in [0.25, 0.3) is 10.9 Å². The van der Waals surface area contributed by atoms with Crippen LogP contribution in [0.4, 0.5) is 21.7 Å². The molecule has 0 saturated carbocycles. The number of nitriles is 1. The van der Waals surface area contributed by atoms with Gasteiger partial charge in [-0.1, -0.05) is 0 Å². The van der Waals surface area contributed by atoms with Gasteiger partial charge in [0.25, 0.3) is 0 Å². The summed E-state index contributed by atoms with van der Waals surface area (Å²) < 4.78 is 22.4. The number of nitrogens with zero attached hydrogens (tertiary/aromatic N) is 7. The fourth-order valence-electron chi connectivity index (χ4n) is 4.43. The molecule has 0 unspecified atom stereocenters. The molecular formula is C26H25FN8O2. The van der Waals surface area contributed by atoms with Crippen LogP contribution < -0.4 is 15.0 Å². The number of anilines is 3. The van der Waals surface area contributed by atoms with E-state index in [4.69, 9.17) is 4.74 Å². The highest BCUT2D eigenvalue weighted by Gasteiger charge is 2.20. The van der Waals surface area contributed by atoms with Gasteiger partial charge >= 0.3 is 0 Å². The number of halogens is 1. The monoisotopic (exact) mass is 500 g/mol. The van der Waals surface area contributed by atoms with Crippen LogP contribution in [0, 0.1) is 24.1 Å². The summed E-state index contributed by atoms with van der Waals surface area (Å²) in [5.41, 5.74) is 2.07. The zero-order valence-electron chi connectivity index (χ0n) is 20.7. The van der Waals surface area contributed by atoms with Gasteiger partial charge in [0.05, 0.1) is 17.4 Å². The van der Waals surface area contributed by atoms with E-state index >= 15 is 4.39 Å². The molecule has 1 aromatic carbocycles. The third-order valence-corrected chi connectivity index (χ3v) is 6.38. The number of piperazine rings is 1. The highest BCUT2D eigenvalue weighted by Crippen LogP contribution is 2.34. The van der Waals surface area contributed by atoms with Gasteiger partial charge in [0.1, 0.15) is 18.2 Å². The van der Waals surface area contributed by atoms with Gasteiger partial charge in [-0.15, -0.1) is 0 Å². The molecule has 0 amide bonds. The number of ether oxygens (including phenoxy) is 1. The second kappa shape index (κ2) is 9.83. The predicted octanol–water partition coefficient (Wildman–Crippen LogP) is 4.09. The van der Waals surface area contributed by atoms with E-state index < -0.39 is 5.82 Å². The van der Waals surface area contributed by atoms with Crippen molar-refractivity contribution in [1.82, 2.24) is 24.4 Å². The number of benzene rings is 1. The molecule has 1 fully saturated rings. The summed E-state index contributed by atoms with van der Waals surface area (Å²) in [6.45, 7) is 6.98. The first-order valence-corrected chi connectivity index (χ1v) is 11.8. The summed E-state index contributed by atoms with van der Waals surface area (Å²) in [5, 5.41) is 13.1. The van der Waals surface area contributed by atoms with Crippen molar-refractivity contribution in [2.24, 2.45) is 0 Å². The molecular weight excluding hydrogens is 475 g/mol. The average molecular weight is 501 g/mol. The minimum absolute atomic E-state index is 0.00410. The van der Waals surface area contributed by atoms with Crippen molar-refractivity contribution in [2.75, 3.05) is 43.4 Å². The van der Waals surface area contributed by atoms with Crippen molar-refractivity contribution < 1.29 is 13.9 Å². The highest BCUT2D eigenvalue weighted by molar-refractivity contribution is 5.93. The van der Waals surface area contributed by atoms with Gasteiger partial charge < -0.3 is 19.9 Å². The first-order valence-electron chi connectivity index (χ1n) is 11.8. The van der Waals surface area contributed by atoms with Gasteiger partial charge in [0, 0.05) is 44.2 Å². The van der Waals surface area contributed by atoms with E-state index in [1.807, 2.05) is 18.2 Å². The summed E-state index contributed by atoms with van der Waals surface area (Å²) >= 11 is 0. The number of hydrogen-bond donors (Lipinski definition) is 1. The molecule has 10 nitrogen and oxygen atoms in total. The second-order valence-corrected chi connectivity index (χ2v) is 8.88. The Morgan fingerprint density at radius 1 is 1.14 bits per heavy atom. The lowest BCUT2D eigenvalue weighted by Gasteiger charge is -2.33. The molecule has 1 aliphatic rings. The van der Waals surface area contributed by atoms with Crippen LogP contribution in [-0.4, -0.2) is 63.6 Å². The lowest BCUT2D eigenvalue weighted by Crippen LogP contribution is -2.44. The number of fused-ring (bicyclic) bond motifs is 1. The number of carbonyl (C=O) groups excluding carboxylic acids is 1. The van der Waals surface area contributed by atoms with Gasteiger partial charge in [-0.3, -0.25) is 9.36 Å². The molecule has 1 saturated heterocycles. The number of rotatable bonds is 5. The quantitative estimate of drug-likeness (QED) is 0.433. The second-order valence-electron chi connectivity index (χ2n) is 8.88. The Labute approximate surface area is 212 Å². The molecule has 4 aromatic rings. The van der Waals surface area contributed by atoms with Crippen LogP contribution in [0.1, 0.15) is 23.0 Å². The molecule has 0 spiro atoms. The Bertz CT molecular complexity index is 1520. The van der Waals surface area contributed by atoms with Crippen molar-refractivity contribution in [2.45, 2.75) is 13.8 Å². The van der Waals surface area contributed by atoms with Crippen LogP contribution >= 0.6 is 0 Å². The van der Waals surface area contributed by atoms with Crippen molar-refractivity contribution in [1.29, 1.82) is 5.26 Å². The average Bonchev–Trinajstić information content (AvgIpc) is 3.24. The highest BCUT2D eigenvalue weighted by atomic mass is 19.1. The van der Waals surface area contributed by atoms with Crippen LogP contribution in [0.2, 0.25) is 0 Å². The molecule has 0 aliphatic carbocycles. The zero-order valence-corrected chi connectivity index (χ0v) is 20.7. The number of aryl methyl sites for hydroxylation is 1. The minimum Gasteiger partial charge on any atom is -0.434 e. The summed E-state index contributed by atoms with van der Waals surface area (Å²) in [4.78, 5) is 29.2. The maximum atomic E-state index is 15.3. The van der Waals surface area contributed by atoms with E-state index in [9.17, 15) is 10.1 Å². The topological polar surface area (TPSA) is 112 Å². The van der Waals surface area contributed by atoms with E-state index in [1.54, 1.807) is 25.3 Å². The van der Waals surface area contributed by atoms with Gasteiger partial charge in [-0.25, -0.2) is 19.3 Å². The van der Waals surface area contributed by atoms with E-state index in [2.05, 4.69) is 37.1 Å². The lowest BCUT2D eigenvalue weighted by atomic mass is 10.2. The van der Waals surface area contributed by atoms with Crippen molar-refractivity contribution >= 4 is 34.1 Å². The van der Waals surface area contributed by atoms with Crippen molar-refractivity contribution in [3.63, 3.8) is 0 Å². The molecule has 1 aliphatic heterocycles. The Hall–Kier alpha value is -4.56. The number of carbonyl (C=O) groups is 1. The Morgan fingerprint density at radius 2 is 1.92 bits per heavy atom. The van der Waals surface area contributed by atoms with Gasteiger partial charge in [-0.05, 0) is 44.3 Å². The van der Waals surface area contributed by atoms with Gasteiger partial charge in [0.15, 0.2) is 22.9 Å². The SMILES string of the molecule is CC(=O)n1c(C)cc2c(F)c(Oc3ncnc(Nc4ccc(N5CCN(C)CC5)cn4)c3C#N)ccc21. The van der Waals surface area contributed by atoms with Crippen LogP contribution in [0.15, 0.2) is 42.9 Å². The number of aromatic nitrogens is 4. The summed E-state index contributed by atoms with van der Waals surface area (Å²) in [7, 11) is 2.10. The minimum atomic E-state index is -0.654. The van der Waals surface area contributed by atoms with Gasteiger partial charge in [0.2, 0.25) is 11.8 Å². The van der Waals surface area contributed by atoms with E-state index in [0.717, 1.165) is 31.9 Å². The van der Waals surface area contributed by atoms with E-state index in [1.165, 1.54) is 23.9 Å². The standard InChI is InChI=1S/C26H25FN8O2/c1-16-12-19-21(35(16)17(2)36)5-6-22(24(19)27)37-26-20(13-28)25(30-15-31-26)32-23-7-4-18(14-29-23)34-10-8-33(3)9-11-34/h4-7,12,14-15H,8-11H2,1-3H3,(H,29,30,31,32). The third kappa shape index (κ3) is 4.66. The largest absolute Gasteiger partial charge is 0.434 e. The molecule has 0 radical (unpaired) electrons. The molecule has 11 heteroatoms. The maximum absolute atomic E-state index is 15.3. The molecule has 0 atom stereocenters. The van der Waals surface area contributed by atoms with Crippen molar-refractivity contribution in [3.8, 4) is 17.7 Å². The summed E-state index contributed by atoms with van der Waals surface area (Å²) in [6, 6.07) is 10.4.